The van der Waals surface area contributed by atoms with Gasteiger partial charge in [0.25, 0.3) is 0 Å². The monoisotopic (exact) mass is 1100 g/mol. The number of carbonyl (C=O) groups is 10. The number of carbonyl (C=O) groups excluding carboxylic acids is 10. The molecule has 0 unspecified atom stereocenters. The zero-order valence-corrected chi connectivity index (χ0v) is 49.2. The van der Waals surface area contributed by atoms with Gasteiger partial charge in [0, 0.05) is 61.3 Å². The van der Waals surface area contributed by atoms with Gasteiger partial charge in [0.15, 0.2) is 0 Å². The first-order chi connectivity index (χ1) is 36.3. The number of piperidine rings is 1. The number of likely N-dealkylation sites (N-methyl/N-ethyl adjacent to an activating group) is 5. The van der Waals surface area contributed by atoms with E-state index in [1.165, 1.54) is 75.6 Å². The van der Waals surface area contributed by atoms with Crippen LogP contribution in [0.4, 0.5) is 0 Å². The smallest absolute Gasteiger partial charge is 0.248 e. The molecule has 0 saturated carbocycles. The molecule has 10 atom stereocenters. The van der Waals surface area contributed by atoms with Crippen molar-refractivity contribution in [2.45, 2.75) is 181 Å². The zero-order chi connectivity index (χ0) is 59.1. The molecule has 0 aromatic heterocycles. The van der Waals surface area contributed by atoms with Crippen LogP contribution in [0.2, 0.25) is 0 Å². The van der Waals surface area contributed by atoms with E-state index >= 15 is 0 Å². The van der Waals surface area contributed by atoms with Gasteiger partial charge in [-0.15, -0.1) is 0 Å². The number of rotatable bonds is 10. The number of hydrogen-bond acceptors (Lipinski definition) is 12. The molecule has 2 heterocycles. The van der Waals surface area contributed by atoms with Crippen LogP contribution in [-0.2, 0) is 59.1 Å². The number of amides is 10. The Balaban J connectivity index is 2.22. The Morgan fingerprint density at radius 1 is 0.628 bits per heavy atom. The van der Waals surface area contributed by atoms with Gasteiger partial charge in [-0.2, -0.15) is 0 Å². The lowest BCUT2D eigenvalue weighted by Gasteiger charge is -2.38. The molecule has 2 fully saturated rings. The number of ether oxygens (including phenoxy) is 1. The van der Waals surface area contributed by atoms with Gasteiger partial charge < -0.3 is 60.5 Å². The first-order valence-electron chi connectivity index (χ1n) is 27.4. The summed E-state index contributed by atoms with van der Waals surface area (Å²) in [7, 11) is 7.00. The van der Waals surface area contributed by atoms with Crippen molar-refractivity contribution < 1.29 is 57.8 Å². The Morgan fingerprint density at radius 3 is 1.62 bits per heavy atom. The molecule has 5 N–H and O–H groups in total. The quantitative estimate of drug-likeness (QED) is 0.222. The lowest BCUT2D eigenvalue weighted by Crippen LogP contribution is -2.62. The van der Waals surface area contributed by atoms with Crippen LogP contribution in [0.15, 0.2) is 30.3 Å². The molecule has 2 aliphatic rings. The van der Waals surface area contributed by atoms with Crippen molar-refractivity contribution in [3.05, 3.63) is 35.9 Å². The molecule has 1 aromatic rings. The van der Waals surface area contributed by atoms with Crippen molar-refractivity contribution in [2.24, 2.45) is 17.8 Å². The van der Waals surface area contributed by atoms with E-state index in [4.69, 9.17) is 4.74 Å². The maximum absolute atomic E-state index is 14.9. The van der Waals surface area contributed by atoms with Crippen LogP contribution in [0, 0.1) is 17.8 Å². The van der Waals surface area contributed by atoms with E-state index in [2.05, 4.69) is 21.3 Å². The highest BCUT2D eigenvalue weighted by molar-refractivity contribution is 5.99. The highest BCUT2D eigenvalue weighted by Crippen LogP contribution is 2.21. The fraction of sp³-hybridized carbons (Fsp3) is 0.714. The van der Waals surface area contributed by atoms with E-state index in [1.807, 2.05) is 27.7 Å². The summed E-state index contributed by atoms with van der Waals surface area (Å²) >= 11 is 0. The predicted molar refractivity (Wildman–Crippen MR) is 294 cm³/mol. The Labute approximate surface area is 462 Å². The molecule has 78 heavy (non-hydrogen) atoms. The molecular formula is C56H92N10O12. The van der Waals surface area contributed by atoms with Crippen LogP contribution in [-0.4, -0.2) is 215 Å². The maximum atomic E-state index is 14.9. The Morgan fingerprint density at radius 2 is 1.12 bits per heavy atom. The number of benzene rings is 1. The van der Waals surface area contributed by atoms with Crippen LogP contribution < -0.4 is 21.3 Å². The lowest BCUT2D eigenvalue weighted by atomic mass is 9.98. The molecule has 0 radical (unpaired) electrons. The van der Waals surface area contributed by atoms with Gasteiger partial charge in [0.1, 0.15) is 48.3 Å². The second kappa shape index (κ2) is 29.7. The van der Waals surface area contributed by atoms with E-state index in [0.29, 0.717) is 31.5 Å². The van der Waals surface area contributed by atoms with Crippen molar-refractivity contribution in [3.8, 4) is 0 Å². The molecular weight excluding hydrogens is 1000 g/mol. The Kier molecular flexibility index (Phi) is 25.2. The summed E-state index contributed by atoms with van der Waals surface area (Å²) in [5.41, 5.74) is -0.113. The highest BCUT2D eigenvalue weighted by Gasteiger charge is 2.42. The first-order valence-corrected chi connectivity index (χ1v) is 27.4. The molecule has 3 rings (SSSR count). The zero-order valence-electron chi connectivity index (χ0n) is 49.2. The van der Waals surface area contributed by atoms with Crippen molar-refractivity contribution in [3.63, 3.8) is 0 Å². The predicted octanol–water partition coefficient (Wildman–Crippen LogP) is 1.31. The number of aliphatic hydroxyl groups excluding tert-OH is 1. The standard InChI is InChI=1S/C56H92N10O12/c1-33(2)27-42-48(70)59-41(32-78-56(9,10)11)47(69)58-40(53(75)66-25-21-18-22-26-66)30-45(68)57-31-35(5)50(72)61(12)36(6)52(74)65(16)44(29-39-23-19-17-20-24-39)54(76)64(15)43(28-34(3)4)49(71)60-46(38(8)67)55(77)62(13)37(7)51(73)63(42)14/h17,19-20,23-24,33-38,40-44,46,67H,18,21-22,25-32H2,1-16H3,(H,57,68)(H,58,69)(H,59,70)(H,60,71)/t35-,36-,37-,38+,40-,41-,42-,43-,44-,46-/m0/s1. The minimum absolute atomic E-state index is 0.0157. The molecule has 10 amide bonds. The van der Waals surface area contributed by atoms with E-state index in [0.717, 1.165) is 11.3 Å². The summed E-state index contributed by atoms with van der Waals surface area (Å²) in [5.74, 6) is -8.14. The van der Waals surface area contributed by atoms with E-state index < -0.39 is 131 Å². The second-order valence-electron chi connectivity index (χ2n) is 23.2. The third-order valence-electron chi connectivity index (χ3n) is 14.6. The van der Waals surface area contributed by atoms with Gasteiger partial charge in [0.05, 0.1) is 30.7 Å². The molecule has 438 valence electrons. The summed E-state index contributed by atoms with van der Waals surface area (Å²) < 4.78 is 6.02. The Bertz CT molecular complexity index is 2250. The number of nitrogens with zero attached hydrogens (tertiary/aromatic N) is 6. The van der Waals surface area contributed by atoms with Gasteiger partial charge in [-0.3, -0.25) is 47.9 Å². The summed E-state index contributed by atoms with van der Waals surface area (Å²) in [6.07, 6.45) is 0.497. The van der Waals surface area contributed by atoms with Gasteiger partial charge in [0.2, 0.25) is 59.1 Å². The summed E-state index contributed by atoms with van der Waals surface area (Å²) in [6.45, 7) is 18.6. The molecule has 2 saturated heterocycles. The van der Waals surface area contributed by atoms with Crippen molar-refractivity contribution in [1.82, 2.24) is 50.7 Å². The van der Waals surface area contributed by atoms with Crippen LogP contribution in [0.1, 0.15) is 120 Å². The van der Waals surface area contributed by atoms with Crippen molar-refractivity contribution >= 4 is 59.1 Å². The van der Waals surface area contributed by atoms with Gasteiger partial charge in [-0.25, -0.2) is 0 Å². The number of aliphatic hydroxyl groups is 1. The number of hydrogen-bond donors (Lipinski definition) is 5. The Hall–Kier alpha value is -6.16. The van der Waals surface area contributed by atoms with Gasteiger partial charge in [-0.1, -0.05) is 65.0 Å². The topological polar surface area (TPSA) is 268 Å². The molecule has 1 aromatic carbocycles. The normalized spacial score (nSPS) is 27.0. The minimum atomic E-state index is -1.62. The SMILES string of the molecule is CC(C)C[C@H]1C(=O)N[C@@H](COC(C)(C)C)C(=O)N[C@H](C(=O)N2CCCCC2)CC(=O)NC[C@H](C)C(=O)N(C)[C@@H](C)C(=O)N(C)[C@@H](Cc2ccccc2)C(=O)N(C)[C@@H](CC(C)C)C(=O)N[C@@H]([C@@H](C)O)C(=O)N(C)[C@@H](C)C(=O)N1C. The summed E-state index contributed by atoms with van der Waals surface area (Å²) in [5, 5.41) is 21.9. The van der Waals surface area contributed by atoms with Gasteiger partial charge >= 0.3 is 0 Å². The molecule has 22 heteroatoms. The van der Waals surface area contributed by atoms with Crippen LogP contribution >= 0.6 is 0 Å². The molecule has 2 aliphatic heterocycles. The van der Waals surface area contributed by atoms with Gasteiger partial charge in [-0.05, 0) is 91.0 Å². The summed E-state index contributed by atoms with van der Waals surface area (Å²) in [4.78, 5) is 151. The fourth-order valence-corrected chi connectivity index (χ4v) is 9.41. The molecule has 0 spiro atoms. The lowest BCUT2D eigenvalue weighted by molar-refractivity contribution is -0.153. The van der Waals surface area contributed by atoms with Crippen LogP contribution in [0.5, 0.6) is 0 Å². The van der Waals surface area contributed by atoms with Crippen LogP contribution in [0.25, 0.3) is 0 Å². The molecule has 0 aliphatic carbocycles. The number of likely N-dealkylation sites (tertiary alicyclic amines) is 1. The van der Waals surface area contributed by atoms with E-state index in [9.17, 15) is 53.1 Å². The first kappa shape index (κ1) is 66.1. The largest absolute Gasteiger partial charge is 0.391 e. The highest BCUT2D eigenvalue weighted by atomic mass is 16.5. The maximum Gasteiger partial charge on any atom is 0.248 e. The molecule has 0 bridgehead atoms. The molecule has 22 nitrogen and oxygen atoms in total. The van der Waals surface area contributed by atoms with Crippen molar-refractivity contribution in [2.75, 3.05) is 61.5 Å². The average molecular weight is 1100 g/mol. The summed E-state index contributed by atoms with van der Waals surface area (Å²) in [6, 6.07) is -1.60. The third kappa shape index (κ3) is 18.8. The number of nitrogens with one attached hydrogen (secondary N) is 4. The average Bonchev–Trinajstić information content (AvgIpc) is 3.39. The van der Waals surface area contributed by atoms with E-state index in [1.54, 1.807) is 62.9 Å². The second-order valence-corrected chi connectivity index (χ2v) is 23.2. The fourth-order valence-electron chi connectivity index (χ4n) is 9.41. The van der Waals surface area contributed by atoms with E-state index in [-0.39, 0.29) is 44.2 Å². The third-order valence-corrected chi connectivity index (χ3v) is 14.6. The van der Waals surface area contributed by atoms with Crippen LogP contribution in [0.3, 0.4) is 0 Å². The minimum Gasteiger partial charge on any atom is -0.391 e. The van der Waals surface area contributed by atoms with Crippen molar-refractivity contribution in [1.29, 1.82) is 0 Å².